The third-order valence-corrected chi connectivity index (χ3v) is 1.60. The summed E-state index contributed by atoms with van der Waals surface area (Å²) in [6.45, 7) is 0.345. The van der Waals surface area contributed by atoms with Gasteiger partial charge < -0.3 is 4.74 Å². The predicted molar refractivity (Wildman–Crippen MR) is 56.1 cm³/mol. The predicted octanol–water partition coefficient (Wildman–Crippen LogP) is 1.83. The molecule has 0 aliphatic rings. The van der Waals surface area contributed by atoms with Gasteiger partial charge in [-0.05, 0) is 17.8 Å². The summed E-state index contributed by atoms with van der Waals surface area (Å²) >= 11 is 4.28. The number of ether oxygens (including phenoxy) is 1. The van der Waals surface area contributed by atoms with E-state index in [4.69, 9.17) is 4.74 Å². The zero-order chi connectivity index (χ0) is 10.2. The molecular weight excluding hydrogens is 198 g/mol. The van der Waals surface area contributed by atoms with Gasteiger partial charge in [-0.15, -0.1) is 0 Å². The molecule has 0 spiro atoms. The van der Waals surface area contributed by atoms with Crippen LogP contribution in [0.1, 0.15) is 5.56 Å². The Labute approximate surface area is 87.4 Å². The van der Waals surface area contributed by atoms with Crippen molar-refractivity contribution in [3.8, 4) is 0 Å². The Morgan fingerprint density at radius 3 is 2.79 bits per heavy atom. The molecule has 1 rings (SSSR count). The van der Waals surface area contributed by atoms with Gasteiger partial charge in [-0.1, -0.05) is 30.3 Å². The van der Waals surface area contributed by atoms with Crippen LogP contribution < -0.4 is 0 Å². The van der Waals surface area contributed by atoms with Crippen molar-refractivity contribution in [3.63, 3.8) is 0 Å². The number of hydrogen-bond donors (Lipinski definition) is 0. The van der Waals surface area contributed by atoms with Crippen LogP contribution in [0.3, 0.4) is 0 Å². The van der Waals surface area contributed by atoms with E-state index >= 15 is 0 Å². The first-order valence-corrected chi connectivity index (χ1v) is 4.46. The van der Waals surface area contributed by atoms with Gasteiger partial charge in [0.05, 0.1) is 11.8 Å². The van der Waals surface area contributed by atoms with Crippen molar-refractivity contribution in [2.24, 2.45) is 4.99 Å². The van der Waals surface area contributed by atoms with Crippen LogP contribution in [0.4, 0.5) is 0 Å². The molecule has 14 heavy (non-hydrogen) atoms. The molecule has 1 aromatic carbocycles. The Hall–Kier alpha value is -1.35. The van der Waals surface area contributed by atoms with Crippen LogP contribution in [-0.4, -0.2) is 17.7 Å². The minimum Gasteiger partial charge on any atom is -0.367 e. The molecule has 0 atom stereocenters. The molecule has 72 valence electrons. The van der Waals surface area contributed by atoms with E-state index in [2.05, 4.69) is 17.2 Å². The highest BCUT2D eigenvalue weighted by molar-refractivity contribution is 7.78. The van der Waals surface area contributed by atoms with Crippen LogP contribution in [0, 0.1) is 0 Å². The van der Waals surface area contributed by atoms with Crippen molar-refractivity contribution >= 4 is 23.3 Å². The highest BCUT2D eigenvalue weighted by Gasteiger charge is 1.97. The Morgan fingerprint density at radius 2 is 2.14 bits per heavy atom. The van der Waals surface area contributed by atoms with Gasteiger partial charge in [-0.25, -0.2) is 0 Å². The van der Waals surface area contributed by atoms with Gasteiger partial charge >= 0.3 is 0 Å². The molecule has 0 N–H and O–H groups in total. The Balaban J connectivity index is 2.29. The molecule has 0 saturated heterocycles. The van der Waals surface area contributed by atoms with E-state index in [1.165, 1.54) is 0 Å². The van der Waals surface area contributed by atoms with Gasteiger partial charge in [0, 0.05) is 0 Å². The molecule has 0 unspecified atom stereocenters. The Kier molecular flexibility index (Phi) is 4.72. The second-order valence-corrected chi connectivity index (χ2v) is 2.76. The monoisotopic (exact) mass is 207 g/mol. The van der Waals surface area contributed by atoms with Crippen LogP contribution in [0.25, 0.3) is 0 Å². The second-order valence-electron chi connectivity index (χ2n) is 2.58. The van der Waals surface area contributed by atoms with Crippen LogP contribution in [0.15, 0.2) is 35.3 Å². The number of rotatable bonds is 4. The second kappa shape index (κ2) is 6.16. The Bertz CT molecular complexity index is 344. The van der Waals surface area contributed by atoms with E-state index in [1.54, 1.807) is 0 Å². The molecule has 4 heteroatoms. The molecule has 0 saturated carbocycles. The van der Waals surface area contributed by atoms with Crippen molar-refractivity contribution < 1.29 is 9.53 Å². The summed E-state index contributed by atoms with van der Waals surface area (Å²) in [4.78, 5) is 14.1. The fraction of sp³-hybridized carbons (Fsp3) is 0.200. The summed E-state index contributed by atoms with van der Waals surface area (Å²) in [6, 6.07) is 9.59. The average Bonchev–Trinajstić information content (AvgIpc) is 2.20. The number of aliphatic imine (C=N–C) groups is 1. The number of carbonyl (C=O) groups is 1. The van der Waals surface area contributed by atoms with E-state index < -0.39 is 5.91 Å². The first-order valence-electron chi connectivity index (χ1n) is 4.05. The summed E-state index contributed by atoms with van der Waals surface area (Å²) in [5.74, 6) is -0.407. The zero-order valence-corrected chi connectivity index (χ0v) is 8.29. The molecule has 3 nitrogen and oxygen atoms in total. The highest BCUT2D eigenvalue weighted by atomic mass is 32.1. The summed E-state index contributed by atoms with van der Waals surface area (Å²) in [6.07, 6.45) is 0. The normalized spacial score (nSPS) is 9.14. The van der Waals surface area contributed by atoms with Gasteiger partial charge in [0.25, 0.3) is 5.91 Å². The van der Waals surface area contributed by atoms with Crippen molar-refractivity contribution in [1.29, 1.82) is 0 Å². The maximum Gasteiger partial charge on any atom is 0.280 e. The number of benzene rings is 1. The third-order valence-electron chi connectivity index (χ3n) is 1.51. The smallest absolute Gasteiger partial charge is 0.280 e. The summed E-state index contributed by atoms with van der Waals surface area (Å²) in [5, 5.41) is 1.99. The van der Waals surface area contributed by atoms with Crippen LogP contribution in [0.5, 0.6) is 0 Å². The van der Waals surface area contributed by atoms with Crippen molar-refractivity contribution in [2.75, 3.05) is 6.61 Å². The van der Waals surface area contributed by atoms with Crippen molar-refractivity contribution in [2.45, 2.75) is 6.61 Å². The van der Waals surface area contributed by atoms with E-state index in [0.29, 0.717) is 6.61 Å². The lowest BCUT2D eigenvalue weighted by molar-refractivity contribution is -0.122. The maximum atomic E-state index is 10.8. The number of nitrogens with zero attached hydrogens (tertiary/aromatic N) is 1. The van der Waals surface area contributed by atoms with Crippen molar-refractivity contribution in [1.82, 2.24) is 0 Å². The number of hydrogen-bond acceptors (Lipinski definition) is 3. The van der Waals surface area contributed by atoms with Crippen LogP contribution >= 0.6 is 12.2 Å². The van der Waals surface area contributed by atoms with Gasteiger partial charge in [-0.2, -0.15) is 4.99 Å². The fourth-order valence-electron chi connectivity index (χ4n) is 0.914. The van der Waals surface area contributed by atoms with Gasteiger partial charge in [0.15, 0.2) is 0 Å². The molecule has 0 fully saturated rings. The maximum absolute atomic E-state index is 10.8. The first kappa shape index (κ1) is 10.7. The van der Waals surface area contributed by atoms with E-state index in [1.807, 2.05) is 35.5 Å². The van der Waals surface area contributed by atoms with Gasteiger partial charge in [0.2, 0.25) is 0 Å². The molecule has 0 radical (unpaired) electrons. The molecule has 1 aromatic rings. The Morgan fingerprint density at radius 1 is 1.43 bits per heavy atom. The summed E-state index contributed by atoms with van der Waals surface area (Å²) in [7, 11) is 0. The zero-order valence-electron chi connectivity index (χ0n) is 7.47. The van der Waals surface area contributed by atoms with E-state index in [-0.39, 0.29) is 6.61 Å². The molecule has 0 heterocycles. The molecule has 0 aliphatic carbocycles. The minimum absolute atomic E-state index is 0.0570. The number of isothiocyanates is 1. The largest absolute Gasteiger partial charge is 0.367 e. The minimum atomic E-state index is -0.407. The number of carbonyl (C=O) groups excluding carboxylic acids is 1. The van der Waals surface area contributed by atoms with Gasteiger partial charge in [0.1, 0.15) is 6.61 Å². The van der Waals surface area contributed by atoms with E-state index in [9.17, 15) is 4.79 Å². The quantitative estimate of drug-likeness (QED) is 0.558. The SMILES string of the molecule is O=C(COCc1ccccc1)N=C=S. The molecule has 0 aliphatic heterocycles. The summed E-state index contributed by atoms with van der Waals surface area (Å²) < 4.78 is 5.10. The lowest BCUT2D eigenvalue weighted by Crippen LogP contribution is -2.05. The molecular formula is C10H9NO2S. The highest BCUT2D eigenvalue weighted by Crippen LogP contribution is 1.99. The lowest BCUT2D eigenvalue weighted by Gasteiger charge is -2.00. The first-order chi connectivity index (χ1) is 6.83. The van der Waals surface area contributed by atoms with Crippen LogP contribution in [0.2, 0.25) is 0 Å². The number of amides is 1. The standard InChI is InChI=1S/C10H9NO2S/c12-10(11-8-14)7-13-6-9-4-2-1-3-5-9/h1-5H,6-7H2. The van der Waals surface area contributed by atoms with E-state index in [0.717, 1.165) is 5.56 Å². The topological polar surface area (TPSA) is 38.7 Å². The lowest BCUT2D eigenvalue weighted by atomic mass is 10.2. The molecule has 0 aromatic heterocycles. The van der Waals surface area contributed by atoms with Crippen molar-refractivity contribution in [3.05, 3.63) is 35.9 Å². The fourth-order valence-corrected chi connectivity index (χ4v) is 1.02. The summed E-state index contributed by atoms with van der Waals surface area (Å²) in [5.41, 5.74) is 1.02. The average molecular weight is 207 g/mol. The third kappa shape index (κ3) is 4.05. The molecule has 0 bridgehead atoms. The molecule has 1 amide bonds. The van der Waals surface area contributed by atoms with Crippen LogP contribution in [-0.2, 0) is 16.1 Å². The number of thiocarbonyl (C=S) groups is 1. The van der Waals surface area contributed by atoms with Gasteiger partial charge in [-0.3, -0.25) is 4.79 Å².